The molecule has 0 radical (unpaired) electrons. The second-order valence-corrected chi connectivity index (χ2v) is 6.18. The fourth-order valence-corrected chi connectivity index (χ4v) is 3.27. The molecule has 1 aliphatic rings. The average Bonchev–Trinajstić information content (AvgIpc) is 3.00. The highest BCUT2D eigenvalue weighted by molar-refractivity contribution is 7.09. The minimum absolute atomic E-state index is 0.118. The Kier molecular flexibility index (Phi) is 4.48. The molecule has 0 bridgehead atoms. The van der Waals surface area contributed by atoms with Gasteiger partial charge in [-0.25, -0.2) is 9.97 Å². The molecular weight excluding hydrogens is 284 g/mol. The number of rotatable bonds is 4. The van der Waals surface area contributed by atoms with Crippen LogP contribution < -0.4 is 5.32 Å². The van der Waals surface area contributed by atoms with Crippen molar-refractivity contribution >= 4 is 17.2 Å². The lowest BCUT2D eigenvalue weighted by Gasteiger charge is -2.34. The predicted octanol–water partition coefficient (Wildman–Crippen LogP) is 2.46. The number of nitrogens with one attached hydrogen (secondary N) is 1. The van der Waals surface area contributed by atoms with Gasteiger partial charge in [0.15, 0.2) is 0 Å². The number of morpholine rings is 1. The van der Waals surface area contributed by atoms with Crippen LogP contribution in [0.4, 0.5) is 5.82 Å². The largest absolute Gasteiger partial charge is 0.378 e. The molecule has 6 heteroatoms. The molecule has 5 nitrogen and oxygen atoms in total. The summed E-state index contributed by atoms with van der Waals surface area (Å²) in [7, 11) is 1.88. The summed E-state index contributed by atoms with van der Waals surface area (Å²) in [5.74, 6) is 1.70. The molecule has 1 N–H and O–H groups in total. The number of hydrogen-bond donors (Lipinski definition) is 1. The van der Waals surface area contributed by atoms with Crippen molar-refractivity contribution in [3.63, 3.8) is 0 Å². The van der Waals surface area contributed by atoms with Crippen molar-refractivity contribution in [3.05, 3.63) is 40.0 Å². The summed E-state index contributed by atoms with van der Waals surface area (Å²) in [6, 6.07) is 6.34. The Balaban J connectivity index is 1.85. The monoisotopic (exact) mass is 304 g/mol. The van der Waals surface area contributed by atoms with E-state index >= 15 is 0 Å². The van der Waals surface area contributed by atoms with Crippen LogP contribution in [0.25, 0.3) is 0 Å². The normalized spacial score (nSPS) is 19.6. The average molecular weight is 304 g/mol. The number of ether oxygens (including phenoxy) is 1. The first-order valence-electron chi connectivity index (χ1n) is 7.14. The second kappa shape index (κ2) is 6.51. The summed E-state index contributed by atoms with van der Waals surface area (Å²) in [6.07, 6.45) is 0. The molecule has 21 heavy (non-hydrogen) atoms. The van der Waals surface area contributed by atoms with Crippen LogP contribution in [0.15, 0.2) is 23.6 Å². The smallest absolute Gasteiger partial charge is 0.150 e. The van der Waals surface area contributed by atoms with E-state index < -0.39 is 0 Å². The molecule has 1 saturated heterocycles. The molecule has 0 spiro atoms. The van der Waals surface area contributed by atoms with Crippen LogP contribution in [0.2, 0.25) is 0 Å². The zero-order chi connectivity index (χ0) is 14.7. The van der Waals surface area contributed by atoms with E-state index in [9.17, 15) is 0 Å². The molecule has 2 aromatic rings. The molecule has 1 fully saturated rings. The first-order chi connectivity index (χ1) is 10.3. The van der Waals surface area contributed by atoms with Crippen molar-refractivity contribution in [3.8, 4) is 0 Å². The number of thiophene rings is 1. The van der Waals surface area contributed by atoms with Gasteiger partial charge in [0.05, 0.1) is 19.3 Å². The lowest BCUT2D eigenvalue weighted by atomic mass is 10.2. The lowest BCUT2D eigenvalue weighted by molar-refractivity contribution is -0.0154. The SMILES string of the molecule is CNc1cc(C)nc(C2COCCN2Cc2cccs2)n1. The molecule has 0 aromatic carbocycles. The first kappa shape index (κ1) is 14.4. The van der Waals surface area contributed by atoms with Gasteiger partial charge in [0.2, 0.25) is 0 Å². The van der Waals surface area contributed by atoms with Gasteiger partial charge in [0, 0.05) is 36.8 Å². The van der Waals surface area contributed by atoms with Crippen molar-refractivity contribution in [1.82, 2.24) is 14.9 Å². The molecule has 0 aliphatic carbocycles. The standard InChI is InChI=1S/C15H20N4OS/c1-11-8-14(16-2)18-15(17-11)13-10-20-6-5-19(13)9-12-4-3-7-21-12/h3-4,7-8,13H,5-6,9-10H2,1-2H3,(H,16,17,18). The molecular formula is C15H20N4OS. The van der Waals surface area contributed by atoms with Crippen LogP contribution >= 0.6 is 11.3 Å². The van der Waals surface area contributed by atoms with E-state index in [-0.39, 0.29) is 6.04 Å². The summed E-state index contributed by atoms with van der Waals surface area (Å²) in [5.41, 5.74) is 0.978. The summed E-state index contributed by atoms with van der Waals surface area (Å²) in [5, 5.41) is 5.22. The topological polar surface area (TPSA) is 50.3 Å². The summed E-state index contributed by atoms with van der Waals surface area (Å²) in [6.45, 7) is 5.26. The van der Waals surface area contributed by atoms with E-state index in [2.05, 4.69) is 37.7 Å². The van der Waals surface area contributed by atoms with Crippen molar-refractivity contribution in [2.45, 2.75) is 19.5 Å². The minimum Gasteiger partial charge on any atom is -0.378 e. The van der Waals surface area contributed by atoms with Crippen LogP contribution in [-0.4, -0.2) is 41.7 Å². The highest BCUT2D eigenvalue weighted by Crippen LogP contribution is 2.25. The Morgan fingerprint density at radius 3 is 3.14 bits per heavy atom. The predicted molar refractivity (Wildman–Crippen MR) is 84.6 cm³/mol. The number of nitrogens with zero attached hydrogens (tertiary/aromatic N) is 3. The zero-order valence-electron chi connectivity index (χ0n) is 12.4. The number of anilines is 1. The first-order valence-corrected chi connectivity index (χ1v) is 8.02. The Morgan fingerprint density at radius 1 is 1.48 bits per heavy atom. The fraction of sp³-hybridized carbons (Fsp3) is 0.467. The summed E-state index contributed by atoms with van der Waals surface area (Å²) in [4.78, 5) is 13.0. The molecule has 0 amide bonds. The third kappa shape index (κ3) is 3.40. The molecule has 3 heterocycles. The Hall–Kier alpha value is -1.50. The quantitative estimate of drug-likeness (QED) is 0.940. The van der Waals surface area contributed by atoms with Gasteiger partial charge >= 0.3 is 0 Å². The number of aryl methyl sites for hydroxylation is 1. The van der Waals surface area contributed by atoms with E-state index in [4.69, 9.17) is 4.74 Å². The minimum atomic E-state index is 0.118. The van der Waals surface area contributed by atoms with Crippen molar-refractivity contribution in [2.24, 2.45) is 0 Å². The summed E-state index contributed by atoms with van der Waals surface area (Å²) >= 11 is 1.79. The maximum Gasteiger partial charge on any atom is 0.150 e. The molecule has 1 aliphatic heterocycles. The van der Waals surface area contributed by atoms with Gasteiger partial charge in [-0.2, -0.15) is 0 Å². The van der Waals surface area contributed by atoms with Gasteiger partial charge in [-0.3, -0.25) is 4.90 Å². The maximum absolute atomic E-state index is 5.66. The van der Waals surface area contributed by atoms with E-state index in [1.807, 2.05) is 20.0 Å². The van der Waals surface area contributed by atoms with Crippen LogP contribution in [0.1, 0.15) is 22.4 Å². The van der Waals surface area contributed by atoms with E-state index in [0.29, 0.717) is 6.61 Å². The molecule has 1 atom stereocenters. The fourth-order valence-electron chi connectivity index (χ4n) is 2.54. The van der Waals surface area contributed by atoms with Gasteiger partial charge in [-0.05, 0) is 18.4 Å². The third-order valence-electron chi connectivity index (χ3n) is 3.60. The van der Waals surface area contributed by atoms with Gasteiger partial charge < -0.3 is 10.1 Å². The molecule has 3 rings (SSSR count). The van der Waals surface area contributed by atoms with Crippen molar-refractivity contribution in [2.75, 3.05) is 32.1 Å². The van der Waals surface area contributed by atoms with Gasteiger partial charge in [0.1, 0.15) is 11.6 Å². The molecule has 0 saturated carbocycles. The molecule has 112 valence electrons. The van der Waals surface area contributed by atoms with Crippen molar-refractivity contribution < 1.29 is 4.74 Å². The third-order valence-corrected chi connectivity index (χ3v) is 4.47. The van der Waals surface area contributed by atoms with E-state index in [1.165, 1.54) is 4.88 Å². The molecule has 2 aromatic heterocycles. The maximum atomic E-state index is 5.66. The van der Waals surface area contributed by atoms with Crippen LogP contribution in [0.5, 0.6) is 0 Å². The van der Waals surface area contributed by atoms with E-state index in [0.717, 1.165) is 37.0 Å². The highest BCUT2D eigenvalue weighted by atomic mass is 32.1. The van der Waals surface area contributed by atoms with Crippen molar-refractivity contribution in [1.29, 1.82) is 0 Å². The van der Waals surface area contributed by atoms with Crippen LogP contribution in [0.3, 0.4) is 0 Å². The Bertz CT molecular complexity index is 587. The summed E-state index contributed by atoms with van der Waals surface area (Å²) < 4.78 is 5.66. The van der Waals surface area contributed by atoms with Crippen LogP contribution in [-0.2, 0) is 11.3 Å². The number of hydrogen-bond acceptors (Lipinski definition) is 6. The number of aromatic nitrogens is 2. The Morgan fingerprint density at radius 2 is 2.38 bits per heavy atom. The van der Waals surface area contributed by atoms with E-state index in [1.54, 1.807) is 11.3 Å². The van der Waals surface area contributed by atoms with Gasteiger partial charge in [-0.1, -0.05) is 6.07 Å². The van der Waals surface area contributed by atoms with Gasteiger partial charge in [0.25, 0.3) is 0 Å². The highest BCUT2D eigenvalue weighted by Gasteiger charge is 2.27. The zero-order valence-corrected chi connectivity index (χ0v) is 13.2. The lowest BCUT2D eigenvalue weighted by Crippen LogP contribution is -2.39. The van der Waals surface area contributed by atoms with Gasteiger partial charge in [-0.15, -0.1) is 11.3 Å². The molecule has 1 unspecified atom stereocenters. The van der Waals surface area contributed by atoms with Crippen LogP contribution in [0, 0.1) is 6.92 Å². The Labute approximate surface area is 129 Å². The second-order valence-electron chi connectivity index (χ2n) is 5.14.